The molecule has 1 heterocycles. The van der Waals surface area contributed by atoms with Gasteiger partial charge in [-0.1, -0.05) is 36.8 Å². The Morgan fingerprint density at radius 2 is 1.74 bits per heavy atom. The number of amides is 1. The van der Waals surface area contributed by atoms with Crippen molar-refractivity contribution in [3.8, 4) is 11.3 Å². The van der Waals surface area contributed by atoms with Crippen LogP contribution in [0.25, 0.3) is 11.3 Å². The van der Waals surface area contributed by atoms with E-state index in [1.54, 1.807) is 6.33 Å². The molecule has 5 heteroatoms. The molecular formula is C22H24N4O. The van der Waals surface area contributed by atoms with Crippen molar-refractivity contribution in [1.82, 2.24) is 15.3 Å². The summed E-state index contributed by atoms with van der Waals surface area (Å²) in [6, 6.07) is 17.7. The van der Waals surface area contributed by atoms with E-state index in [1.807, 2.05) is 56.3 Å². The van der Waals surface area contributed by atoms with Crippen molar-refractivity contribution in [3.05, 3.63) is 72.1 Å². The Labute approximate surface area is 159 Å². The lowest BCUT2D eigenvalue weighted by atomic mass is 10.1. The van der Waals surface area contributed by atoms with Crippen molar-refractivity contribution < 1.29 is 4.79 Å². The molecule has 0 radical (unpaired) electrons. The van der Waals surface area contributed by atoms with E-state index in [0.29, 0.717) is 11.4 Å². The van der Waals surface area contributed by atoms with Gasteiger partial charge in [0.05, 0.1) is 5.69 Å². The Morgan fingerprint density at radius 1 is 1.04 bits per heavy atom. The fourth-order valence-corrected chi connectivity index (χ4v) is 2.57. The molecule has 0 aliphatic rings. The van der Waals surface area contributed by atoms with E-state index in [2.05, 4.69) is 39.7 Å². The SMILES string of the molecule is CC[C@@H](C)NC(=O)c1ccc(Nc2cc(-c3ccc(C)cc3)ncn2)cc1. The molecule has 0 aliphatic heterocycles. The first-order valence-corrected chi connectivity index (χ1v) is 9.12. The summed E-state index contributed by atoms with van der Waals surface area (Å²) in [6.45, 7) is 6.10. The minimum Gasteiger partial charge on any atom is -0.350 e. The molecule has 3 aromatic rings. The normalized spacial score (nSPS) is 11.7. The van der Waals surface area contributed by atoms with Crippen molar-refractivity contribution in [3.63, 3.8) is 0 Å². The van der Waals surface area contributed by atoms with Crippen LogP contribution in [0.2, 0.25) is 0 Å². The molecule has 0 saturated carbocycles. The van der Waals surface area contributed by atoms with Crippen LogP contribution < -0.4 is 10.6 Å². The number of aryl methyl sites for hydroxylation is 1. The van der Waals surface area contributed by atoms with Gasteiger partial charge in [0.2, 0.25) is 0 Å². The van der Waals surface area contributed by atoms with E-state index in [1.165, 1.54) is 5.56 Å². The van der Waals surface area contributed by atoms with Crippen LogP contribution >= 0.6 is 0 Å². The second-order valence-corrected chi connectivity index (χ2v) is 6.64. The highest BCUT2D eigenvalue weighted by Gasteiger charge is 2.08. The van der Waals surface area contributed by atoms with Crippen molar-refractivity contribution in [1.29, 1.82) is 0 Å². The third-order valence-electron chi connectivity index (χ3n) is 4.42. The molecule has 0 fully saturated rings. The molecule has 5 nitrogen and oxygen atoms in total. The maximum Gasteiger partial charge on any atom is 0.251 e. The van der Waals surface area contributed by atoms with E-state index in [4.69, 9.17) is 0 Å². The number of anilines is 2. The first-order chi connectivity index (χ1) is 13.0. The molecule has 0 spiro atoms. The highest BCUT2D eigenvalue weighted by atomic mass is 16.1. The predicted molar refractivity (Wildman–Crippen MR) is 109 cm³/mol. The van der Waals surface area contributed by atoms with Crippen molar-refractivity contribution in [2.45, 2.75) is 33.2 Å². The lowest BCUT2D eigenvalue weighted by molar-refractivity contribution is 0.0939. The monoisotopic (exact) mass is 360 g/mol. The molecule has 0 unspecified atom stereocenters. The molecule has 1 atom stereocenters. The summed E-state index contributed by atoms with van der Waals surface area (Å²) in [5.41, 5.74) is 4.62. The van der Waals surface area contributed by atoms with Crippen LogP contribution in [0.5, 0.6) is 0 Å². The van der Waals surface area contributed by atoms with E-state index in [-0.39, 0.29) is 11.9 Å². The van der Waals surface area contributed by atoms with Crippen molar-refractivity contribution in [2.75, 3.05) is 5.32 Å². The number of hydrogen-bond acceptors (Lipinski definition) is 4. The van der Waals surface area contributed by atoms with Gasteiger partial charge in [0.25, 0.3) is 5.91 Å². The van der Waals surface area contributed by atoms with Crippen molar-refractivity contribution in [2.24, 2.45) is 0 Å². The summed E-state index contributed by atoms with van der Waals surface area (Å²) in [4.78, 5) is 20.8. The second kappa shape index (κ2) is 8.45. The summed E-state index contributed by atoms with van der Waals surface area (Å²) < 4.78 is 0. The zero-order chi connectivity index (χ0) is 19.2. The lowest BCUT2D eigenvalue weighted by Crippen LogP contribution is -2.31. The Morgan fingerprint density at radius 3 is 2.41 bits per heavy atom. The zero-order valence-corrected chi connectivity index (χ0v) is 15.9. The highest BCUT2D eigenvalue weighted by molar-refractivity contribution is 5.94. The molecule has 27 heavy (non-hydrogen) atoms. The van der Waals surface area contributed by atoms with E-state index in [0.717, 1.165) is 23.4 Å². The maximum absolute atomic E-state index is 12.2. The number of carbonyl (C=O) groups excluding carboxylic acids is 1. The number of aromatic nitrogens is 2. The molecule has 3 rings (SSSR count). The van der Waals surface area contributed by atoms with E-state index < -0.39 is 0 Å². The average Bonchev–Trinajstić information content (AvgIpc) is 2.69. The summed E-state index contributed by atoms with van der Waals surface area (Å²) in [7, 11) is 0. The van der Waals surface area contributed by atoms with Gasteiger partial charge in [-0.2, -0.15) is 0 Å². The number of benzene rings is 2. The Balaban J connectivity index is 1.71. The Hall–Kier alpha value is -3.21. The maximum atomic E-state index is 12.2. The molecule has 0 aliphatic carbocycles. The largest absolute Gasteiger partial charge is 0.350 e. The molecule has 0 saturated heterocycles. The summed E-state index contributed by atoms with van der Waals surface area (Å²) >= 11 is 0. The second-order valence-electron chi connectivity index (χ2n) is 6.64. The zero-order valence-electron chi connectivity index (χ0n) is 15.9. The van der Waals surface area contributed by atoms with Crippen LogP contribution in [0, 0.1) is 6.92 Å². The molecule has 138 valence electrons. The van der Waals surface area contributed by atoms with Gasteiger partial charge in [-0.15, -0.1) is 0 Å². The first kappa shape index (κ1) is 18.6. The molecule has 1 aromatic heterocycles. The fourth-order valence-electron chi connectivity index (χ4n) is 2.57. The molecule has 2 N–H and O–H groups in total. The topological polar surface area (TPSA) is 66.9 Å². The summed E-state index contributed by atoms with van der Waals surface area (Å²) in [5, 5.41) is 6.23. The van der Waals surface area contributed by atoms with E-state index in [9.17, 15) is 4.79 Å². The minimum atomic E-state index is -0.0559. The van der Waals surface area contributed by atoms with Gasteiger partial charge in [-0.25, -0.2) is 9.97 Å². The quantitative estimate of drug-likeness (QED) is 0.667. The highest BCUT2D eigenvalue weighted by Crippen LogP contribution is 2.21. The van der Waals surface area contributed by atoms with E-state index >= 15 is 0 Å². The Kier molecular flexibility index (Phi) is 5.81. The standard InChI is InChI=1S/C22H24N4O/c1-4-16(3)25-22(27)18-9-11-19(12-10-18)26-21-13-20(23-14-24-21)17-7-5-15(2)6-8-17/h5-14,16H,4H2,1-3H3,(H,25,27)(H,23,24,26)/t16-/m1/s1. The lowest BCUT2D eigenvalue weighted by Gasteiger charge is -2.12. The number of rotatable bonds is 6. The average molecular weight is 360 g/mol. The predicted octanol–water partition coefficient (Wildman–Crippen LogP) is 4.72. The van der Waals surface area contributed by atoms with Gasteiger partial charge in [0.15, 0.2) is 0 Å². The fraction of sp³-hybridized carbons (Fsp3) is 0.227. The number of hydrogen-bond donors (Lipinski definition) is 2. The number of nitrogens with zero attached hydrogens (tertiary/aromatic N) is 2. The third kappa shape index (κ3) is 4.91. The molecule has 2 aromatic carbocycles. The smallest absolute Gasteiger partial charge is 0.251 e. The Bertz CT molecular complexity index is 904. The number of nitrogens with one attached hydrogen (secondary N) is 2. The van der Waals surface area contributed by atoms with Gasteiger partial charge in [-0.05, 0) is 44.5 Å². The molecular weight excluding hydrogens is 336 g/mol. The van der Waals surface area contributed by atoms with Crippen LogP contribution in [-0.4, -0.2) is 21.9 Å². The third-order valence-corrected chi connectivity index (χ3v) is 4.42. The van der Waals surface area contributed by atoms with Crippen molar-refractivity contribution >= 4 is 17.4 Å². The van der Waals surface area contributed by atoms with Crippen LogP contribution in [0.3, 0.4) is 0 Å². The minimum absolute atomic E-state index is 0.0559. The summed E-state index contributed by atoms with van der Waals surface area (Å²) in [5.74, 6) is 0.650. The van der Waals surface area contributed by atoms with Gasteiger partial charge in [0, 0.05) is 28.9 Å². The summed E-state index contributed by atoms with van der Waals surface area (Å²) in [6.07, 6.45) is 2.45. The van der Waals surface area contributed by atoms with Gasteiger partial charge < -0.3 is 10.6 Å². The van der Waals surface area contributed by atoms with Crippen LogP contribution in [0.15, 0.2) is 60.9 Å². The molecule has 1 amide bonds. The molecule has 0 bridgehead atoms. The van der Waals surface area contributed by atoms with Crippen LogP contribution in [0.1, 0.15) is 36.2 Å². The van der Waals surface area contributed by atoms with Crippen LogP contribution in [-0.2, 0) is 0 Å². The van der Waals surface area contributed by atoms with Gasteiger partial charge in [-0.3, -0.25) is 4.79 Å². The van der Waals surface area contributed by atoms with Gasteiger partial charge >= 0.3 is 0 Å². The first-order valence-electron chi connectivity index (χ1n) is 9.12. The van der Waals surface area contributed by atoms with Crippen LogP contribution in [0.4, 0.5) is 11.5 Å². The number of carbonyl (C=O) groups is 1. The van der Waals surface area contributed by atoms with Gasteiger partial charge in [0.1, 0.15) is 12.1 Å².